The summed E-state index contributed by atoms with van der Waals surface area (Å²) in [5, 5.41) is 3.81. The van der Waals surface area contributed by atoms with Crippen LogP contribution in [0.2, 0.25) is 10.0 Å². The van der Waals surface area contributed by atoms with E-state index >= 15 is 0 Å². The summed E-state index contributed by atoms with van der Waals surface area (Å²) in [6.45, 7) is 2.49. The SMILES string of the molecule is O=C(CN1CC[C@H]2CCCC[C@H]2C1)Nc1c(Cl)cccc1Cl. The first kappa shape index (κ1) is 16.1. The van der Waals surface area contributed by atoms with Gasteiger partial charge in [-0.2, -0.15) is 0 Å². The molecule has 1 aromatic carbocycles. The summed E-state index contributed by atoms with van der Waals surface area (Å²) in [5.41, 5.74) is 0.517. The molecule has 2 aliphatic rings. The summed E-state index contributed by atoms with van der Waals surface area (Å²) in [6.07, 6.45) is 6.65. The molecular weight excluding hydrogens is 319 g/mol. The lowest BCUT2D eigenvalue weighted by molar-refractivity contribution is -0.118. The van der Waals surface area contributed by atoms with E-state index in [9.17, 15) is 4.79 Å². The van der Waals surface area contributed by atoms with Crippen molar-refractivity contribution in [1.82, 2.24) is 4.90 Å². The maximum absolute atomic E-state index is 12.3. The molecule has 5 heteroatoms. The number of rotatable bonds is 3. The van der Waals surface area contributed by atoms with Gasteiger partial charge in [0.2, 0.25) is 5.91 Å². The number of hydrogen-bond donors (Lipinski definition) is 1. The van der Waals surface area contributed by atoms with Crippen molar-refractivity contribution in [3.8, 4) is 0 Å². The van der Waals surface area contributed by atoms with Crippen LogP contribution in [0.15, 0.2) is 18.2 Å². The number of para-hydroxylation sites is 1. The molecule has 1 N–H and O–H groups in total. The predicted molar refractivity (Wildman–Crippen MR) is 91.6 cm³/mol. The van der Waals surface area contributed by atoms with Gasteiger partial charge in [0, 0.05) is 6.54 Å². The highest BCUT2D eigenvalue weighted by molar-refractivity contribution is 6.39. The quantitative estimate of drug-likeness (QED) is 0.881. The summed E-state index contributed by atoms with van der Waals surface area (Å²) < 4.78 is 0. The Morgan fingerprint density at radius 1 is 1.14 bits per heavy atom. The molecule has 2 fully saturated rings. The Morgan fingerprint density at radius 3 is 2.55 bits per heavy atom. The van der Waals surface area contributed by atoms with E-state index in [0.29, 0.717) is 22.3 Å². The first-order valence-corrected chi connectivity index (χ1v) is 8.85. The summed E-state index contributed by atoms with van der Waals surface area (Å²) in [4.78, 5) is 14.5. The second-order valence-electron chi connectivity index (χ2n) is 6.47. The maximum atomic E-state index is 12.3. The Hall–Kier alpha value is -0.770. The molecule has 0 bridgehead atoms. The third-order valence-corrected chi connectivity index (χ3v) is 5.60. The molecule has 120 valence electrons. The van der Waals surface area contributed by atoms with E-state index in [1.807, 2.05) is 0 Å². The average Bonchev–Trinajstić information content (AvgIpc) is 2.51. The van der Waals surface area contributed by atoms with Crippen molar-refractivity contribution in [2.24, 2.45) is 11.8 Å². The Morgan fingerprint density at radius 2 is 1.82 bits per heavy atom. The fourth-order valence-corrected chi connectivity index (χ4v) is 4.31. The molecule has 0 aromatic heterocycles. The Bertz CT molecular complexity index is 529. The van der Waals surface area contributed by atoms with Gasteiger partial charge in [0.05, 0.1) is 22.3 Å². The van der Waals surface area contributed by atoms with E-state index < -0.39 is 0 Å². The number of piperidine rings is 1. The number of benzene rings is 1. The first-order chi connectivity index (χ1) is 10.6. The van der Waals surface area contributed by atoms with Crippen LogP contribution in [0.25, 0.3) is 0 Å². The van der Waals surface area contributed by atoms with E-state index in [4.69, 9.17) is 23.2 Å². The molecule has 0 spiro atoms. The normalized spacial score (nSPS) is 25.5. The molecule has 1 aliphatic heterocycles. The van der Waals surface area contributed by atoms with Gasteiger partial charge in [0.25, 0.3) is 0 Å². The molecule has 0 unspecified atom stereocenters. The number of halogens is 2. The number of fused-ring (bicyclic) bond motifs is 1. The largest absolute Gasteiger partial charge is 0.322 e. The van der Waals surface area contributed by atoms with Crippen LogP contribution in [0.5, 0.6) is 0 Å². The summed E-state index contributed by atoms with van der Waals surface area (Å²) in [6, 6.07) is 5.24. The number of amides is 1. The van der Waals surface area contributed by atoms with Crippen LogP contribution in [-0.4, -0.2) is 30.4 Å². The molecule has 22 heavy (non-hydrogen) atoms. The zero-order chi connectivity index (χ0) is 15.5. The van der Waals surface area contributed by atoms with Gasteiger partial charge < -0.3 is 5.32 Å². The highest BCUT2D eigenvalue weighted by atomic mass is 35.5. The van der Waals surface area contributed by atoms with Gasteiger partial charge in [-0.15, -0.1) is 0 Å². The molecule has 1 aliphatic carbocycles. The lowest BCUT2D eigenvalue weighted by Gasteiger charge is -2.41. The second kappa shape index (κ2) is 7.20. The van der Waals surface area contributed by atoms with Crippen molar-refractivity contribution in [1.29, 1.82) is 0 Å². The summed E-state index contributed by atoms with van der Waals surface area (Å²) in [5.74, 6) is 1.62. The summed E-state index contributed by atoms with van der Waals surface area (Å²) in [7, 11) is 0. The standard InChI is InChI=1S/C17H22Cl2N2O/c18-14-6-3-7-15(19)17(14)20-16(22)11-21-9-8-12-4-1-2-5-13(12)10-21/h3,6-7,12-13H,1-2,4-5,8-11H2,(H,20,22)/t12-,13+/m1/s1. The number of nitrogens with one attached hydrogen (secondary N) is 1. The van der Waals surface area contributed by atoms with E-state index in [1.165, 1.54) is 32.1 Å². The number of carbonyl (C=O) groups excluding carboxylic acids is 1. The zero-order valence-electron chi connectivity index (χ0n) is 12.7. The molecule has 0 radical (unpaired) electrons. The van der Waals surface area contributed by atoms with Crippen LogP contribution in [0.4, 0.5) is 5.69 Å². The van der Waals surface area contributed by atoms with Gasteiger partial charge in [0.15, 0.2) is 0 Å². The van der Waals surface area contributed by atoms with Gasteiger partial charge in [-0.3, -0.25) is 9.69 Å². The molecule has 3 nitrogen and oxygen atoms in total. The van der Waals surface area contributed by atoms with E-state index in [-0.39, 0.29) is 5.91 Å². The first-order valence-electron chi connectivity index (χ1n) is 8.09. The van der Waals surface area contributed by atoms with Crippen LogP contribution in [0.1, 0.15) is 32.1 Å². The Labute approximate surface area is 142 Å². The molecular formula is C17H22Cl2N2O. The monoisotopic (exact) mass is 340 g/mol. The van der Waals surface area contributed by atoms with Crippen molar-refractivity contribution in [2.45, 2.75) is 32.1 Å². The van der Waals surface area contributed by atoms with Gasteiger partial charge in [-0.25, -0.2) is 0 Å². The van der Waals surface area contributed by atoms with Crippen molar-refractivity contribution >= 4 is 34.8 Å². The van der Waals surface area contributed by atoms with Crippen LogP contribution in [0, 0.1) is 11.8 Å². The minimum atomic E-state index is -0.0377. The Kier molecular flexibility index (Phi) is 5.27. The molecule has 1 saturated heterocycles. The average molecular weight is 341 g/mol. The zero-order valence-corrected chi connectivity index (χ0v) is 14.2. The van der Waals surface area contributed by atoms with E-state index in [0.717, 1.165) is 24.9 Å². The smallest absolute Gasteiger partial charge is 0.238 e. The van der Waals surface area contributed by atoms with E-state index in [1.54, 1.807) is 18.2 Å². The molecule has 1 saturated carbocycles. The van der Waals surface area contributed by atoms with Crippen LogP contribution >= 0.6 is 23.2 Å². The van der Waals surface area contributed by atoms with Crippen molar-refractivity contribution in [2.75, 3.05) is 25.0 Å². The van der Waals surface area contributed by atoms with Crippen molar-refractivity contribution in [3.05, 3.63) is 28.2 Å². The molecule has 1 amide bonds. The lowest BCUT2D eigenvalue weighted by atomic mass is 9.75. The molecule has 3 rings (SSSR count). The lowest BCUT2D eigenvalue weighted by Crippen LogP contribution is -2.44. The van der Waals surface area contributed by atoms with Crippen LogP contribution in [0.3, 0.4) is 0 Å². The fraction of sp³-hybridized carbons (Fsp3) is 0.588. The fourth-order valence-electron chi connectivity index (χ4n) is 3.82. The number of nitrogens with zero attached hydrogens (tertiary/aromatic N) is 1. The van der Waals surface area contributed by atoms with Gasteiger partial charge in [0.1, 0.15) is 0 Å². The third kappa shape index (κ3) is 3.76. The second-order valence-corrected chi connectivity index (χ2v) is 7.29. The highest BCUT2D eigenvalue weighted by Gasteiger charge is 2.31. The van der Waals surface area contributed by atoms with Crippen molar-refractivity contribution < 1.29 is 4.79 Å². The molecule has 1 aromatic rings. The minimum absolute atomic E-state index is 0.0377. The number of likely N-dealkylation sites (tertiary alicyclic amines) is 1. The van der Waals surface area contributed by atoms with Gasteiger partial charge in [-0.05, 0) is 43.4 Å². The number of hydrogen-bond acceptors (Lipinski definition) is 2. The van der Waals surface area contributed by atoms with Crippen LogP contribution in [-0.2, 0) is 4.79 Å². The maximum Gasteiger partial charge on any atom is 0.238 e. The van der Waals surface area contributed by atoms with Gasteiger partial charge >= 0.3 is 0 Å². The number of anilines is 1. The molecule has 1 heterocycles. The van der Waals surface area contributed by atoms with E-state index in [2.05, 4.69) is 10.2 Å². The van der Waals surface area contributed by atoms with Gasteiger partial charge in [-0.1, -0.05) is 48.5 Å². The highest BCUT2D eigenvalue weighted by Crippen LogP contribution is 2.36. The topological polar surface area (TPSA) is 32.3 Å². The predicted octanol–water partition coefficient (Wildman–Crippen LogP) is 4.44. The minimum Gasteiger partial charge on any atom is -0.322 e. The third-order valence-electron chi connectivity index (χ3n) is 4.97. The summed E-state index contributed by atoms with van der Waals surface area (Å²) >= 11 is 12.2. The number of carbonyl (C=O) groups is 1. The van der Waals surface area contributed by atoms with Crippen LogP contribution < -0.4 is 5.32 Å². The van der Waals surface area contributed by atoms with Crippen molar-refractivity contribution in [3.63, 3.8) is 0 Å². The Balaban J connectivity index is 1.56. The molecule has 2 atom stereocenters.